The molecule has 0 aliphatic carbocycles. The molecule has 1 amide bonds. The molecule has 5 nitrogen and oxygen atoms in total. The number of carbonyl (C=O) groups excluding carboxylic acids is 1. The van der Waals surface area contributed by atoms with E-state index in [4.69, 9.17) is 0 Å². The zero-order valence-electron chi connectivity index (χ0n) is 15.9. The smallest absolute Gasteiger partial charge is 0.261 e. The Morgan fingerprint density at radius 1 is 0.931 bits per heavy atom. The van der Waals surface area contributed by atoms with Crippen molar-refractivity contribution < 1.29 is 17.6 Å². The number of hydrogen-bond acceptors (Lipinski definition) is 3. The standard InChI is InChI=1S/C22H21FN2O3S/c1-16-4-2-3-5-18(16)15-24-22(26)14-17-6-10-20(11-7-17)25-29(27,28)21-12-8-19(23)9-13-21/h2-13,25H,14-15H2,1H3,(H,24,26). The highest BCUT2D eigenvalue weighted by Gasteiger charge is 2.14. The largest absolute Gasteiger partial charge is 0.352 e. The minimum atomic E-state index is -3.81. The van der Waals surface area contributed by atoms with Gasteiger partial charge in [-0.25, -0.2) is 12.8 Å². The number of anilines is 1. The van der Waals surface area contributed by atoms with E-state index >= 15 is 0 Å². The van der Waals surface area contributed by atoms with Crippen LogP contribution in [0.3, 0.4) is 0 Å². The van der Waals surface area contributed by atoms with Gasteiger partial charge >= 0.3 is 0 Å². The molecule has 0 heterocycles. The Morgan fingerprint density at radius 2 is 1.59 bits per heavy atom. The number of aryl methyl sites for hydroxylation is 1. The highest BCUT2D eigenvalue weighted by atomic mass is 32.2. The van der Waals surface area contributed by atoms with Gasteiger partial charge < -0.3 is 5.32 Å². The van der Waals surface area contributed by atoms with Gasteiger partial charge in [-0.05, 0) is 60.0 Å². The van der Waals surface area contributed by atoms with Crippen LogP contribution in [0.4, 0.5) is 10.1 Å². The second-order valence-corrected chi connectivity index (χ2v) is 8.32. The molecule has 0 saturated heterocycles. The van der Waals surface area contributed by atoms with Crippen molar-refractivity contribution >= 4 is 21.6 Å². The Morgan fingerprint density at radius 3 is 2.24 bits per heavy atom. The van der Waals surface area contributed by atoms with Crippen molar-refractivity contribution in [1.82, 2.24) is 5.32 Å². The summed E-state index contributed by atoms with van der Waals surface area (Å²) in [5, 5.41) is 2.89. The van der Waals surface area contributed by atoms with Gasteiger partial charge in [0.05, 0.1) is 11.3 Å². The number of halogens is 1. The van der Waals surface area contributed by atoms with Crippen LogP contribution in [0, 0.1) is 12.7 Å². The molecule has 0 fully saturated rings. The summed E-state index contributed by atoms with van der Waals surface area (Å²) < 4.78 is 40.1. The number of hydrogen-bond donors (Lipinski definition) is 2. The zero-order chi connectivity index (χ0) is 20.9. The molecule has 0 radical (unpaired) electrons. The average Bonchev–Trinajstić information content (AvgIpc) is 2.69. The fraction of sp³-hybridized carbons (Fsp3) is 0.136. The van der Waals surface area contributed by atoms with Crippen LogP contribution in [0.2, 0.25) is 0 Å². The van der Waals surface area contributed by atoms with E-state index in [0.717, 1.165) is 28.8 Å². The quantitative estimate of drug-likeness (QED) is 0.620. The van der Waals surface area contributed by atoms with Gasteiger partial charge in [-0.1, -0.05) is 36.4 Å². The van der Waals surface area contributed by atoms with Gasteiger partial charge in [0.2, 0.25) is 5.91 Å². The third kappa shape index (κ3) is 5.65. The number of benzene rings is 3. The highest BCUT2D eigenvalue weighted by Crippen LogP contribution is 2.17. The zero-order valence-corrected chi connectivity index (χ0v) is 16.7. The molecule has 0 atom stereocenters. The Labute approximate surface area is 169 Å². The van der Waals surface area contributed by atoms with E-state index in [0.29, 0.717) is 12.2 Å². The van der Waals surface area contributed by atoms with E-state index in [2.05, 4.69) is 10.0 Å². The van der Waals surface area contributed by atoms with E-state index in [-0.39, 0.29) is 17.2 Å². The summed E-state index contributed by atoms with van der Waals surface area (Å²) in [5.74, 6) is -0.623. The first-order valence-electron chi connectivity index (χ1n) is 9.02. The molecule has 150 valence electrons. The van der Waals surface area contributed by atoms with E-state index < -0.39 is 15.8 Å². The molecule has 0 unspecified atom stereocenters. The molecule has 0 aromatic heterocycles. The third-order valence-corrected chi connectivity index (χ3v) is 5.83. The van der Waals surface area contributed by atoms with Crippen LogP contribution in [0.15, 0.2) is 77.7 Å². The maximum Gasteiger partial charge on any atom is 0.261 e. The molecule has 3 aromatic rings. The first-order chi connectivity index (χ1) is 13.8. The molecular weight excluding hydrogens is 391 g/mol. The lowest BCUT2D eigenvalue weighted by atomic mass is 10.1. The second-order valence-electron chi connectivity index (χ2n) is 6.64. The van der Waals surface area contributed by atoms with Crippen molar-refractivity contribution in [1.29, 1.82) is 0 Å². The Hall–Kier alpha value is -3.19. The number of amides is 1. The first-order valence-corrected chi connectivity index (χ1v) is 10.5. The van der Waals surface area contributed by atoms with Gasteiger partial charge in [-0.2, -0.15) is 0 Å². The van der Waals surface area contributed by atoms with E-state index in [1.807, 2.05) is 31.2 Å². The summed E-state index contributed by atoms with van der Waals surface area (Å²) in [6.45, 7) is 2.45. The van der Waals surface area contributed by atoms with Crippen molar-refractivity contribution in [2.45, 2.75) is 24.8 Å². The molecular formula is C22H21FN2O3S. The maximum absolute atomic E-state index is 13.0. The second kappa shape index (κ2) is 8.87. The van der Waals surface area contributed by atoms with Crippen LogP contribution in [0.25, 0.3) is 0 Å². The molecule has 0 spiro atoms. The number of sulfonamides is 1. The van der Waals surface area contributed by atoms with Crippen LogP contribution < -0.4 is 10.0 Å². The van der Waals surface area contributed by atoms with Gasteiger partial charge in [-0.15, -0.1) is 0 Å². The van der Waals surface area contributed by atoms with Gasteiger partial charge in [0.15, 0.2) is 0 Å². The number of nitrogens with one attached hydrogen (secondary N) is 2. The lowest BCUT2D eigenvalue weighted by Crippen LogP contribution is -2.24. The van der Waals surface area contributed by atoms with Gasteiger partial charge in [-0.3, -0.25) is 9.52 Å². The summed E-state index contributed by atoms with van der Waals surface area (Å²) in [4.78, 5) is 12.1. The number of carbonyl (C=O) groups is 1. The topological polar surface area (TPSA) is 75.3 Å². The lowest BCUT2D eigenvalue weighted by Gasteiger charge is -2.10. The van der Waals surface area contributed by atoms with E-state index in [1.54, 1.807) is 24.3 Å². The molecule has 0 bridgehead atoms. The molecule has 0 aliphatic heterocycles. The Kier molecular flexibility index (Phi) is 6.29. The summed E-state index contributed by atoms with van der Waals surface area (Å²) in [6.07, 6.45) is 0.191. The molecule has 7 heteroatoms. The predicted molar refractivity (Wildman–Crippen MR) is 110 cm³/mol. The average molecular weight is 412 g/mol. The molecule has 0 saturated carbocycles. The highest BCUT2D eigenvalue weighted by molar-refractivity contribution is 7.92. The summed E-state index contributed by atoms with van der Waals surface area (Å²) in [7, 11) is -3.81. The summed E-state index contributed by atoms with van der Waals surface area (Å²) in [6, 6.07) is 19.0. The van der Waals surface area contributed by atoms with E-state index in [9.17, 15) is 17.6 Å². The van der Waals surface area contributed by atoms with Crippen molar-refractivity contribution in [3.8, 4) is 0 Å². The molecule has 3 rings (SSSR count). The van der Waals surface area contributed by atoms with Crippen LogP contribution in [0.1, 0.15) is 16.7 Å². The van der Waals surface area contributed by atoms with Crippen molar-refractivity contribution in [3.63, 3.8) is 0 Å². The third-order valence-electron chi connectivity index (χ3n) is 4.43. The van der Waals surface area contributed by atoms with Crippen molar-refractivity contribution in [2.75, 3.05) is 4.72 Å². The van der Waals surface area contributed by atoms with Crippen molar-refractivity contribution in [2.24, 2.45) is 0 Å². The molecule has 29 heavy (non-hydrogen) atoms. The predicted octanol–water partition coefficient (Wildman–Crippen LogP) is 3.79. The molecule has 2 N–H and O–H groups in total. The Bertz CT molecular complexity index is 1100. The first kappa shape index (κ1) is 20.5. The van der Waals surface area contributed by atoms with Gasteiger partial charge in [0, 0.05) is 12.2 Å². The summed E-state index contributed by atoms with van der Waals surface area (Å²) in [5.41, 5.74) is 3.30. The van der Waals surface area contributed by atoms with Crippen LogP contribution >= 0.6 is 0 Å². The molecule has 3 aromatic carbocycles. The molecule has 0 aliphatic rings. The summed E-state index contributed by atoms with van der Waals surface area (Å²) >= 11 is 0. The van der Waals surface area contributed by atoms with E-state index in [1.165, 1.54) is 12.1 Å². The Balaban J connectivity index is 1.57. The van der Waals surface area contributed by atoms with Gasteiger partial charge in [0.25, 0.3) is 10.0 Å². The normalized spacial score (nSPS) is 11.1. The maximum atomic E-state index is 13.0. The van der Waals surface area contributed by atoms with Crippen molar-refractivity contribution in [3.05, 3.63) is 95.3 Å². The SMILES string of the molecule is Cc1ccccc1CNC(=O)Cc1ccc(NS(=O)(=O)c2ccc(F)cc2)cc1. The minimum Gasteiger partial charge on any atom is -0.352 e. The number of rotatable bonds is 7. The van der Waals surface area contributed by atoms with Crippen LogP contribution in [-0.2, 0) is 27.8 Å². The fourth-order valence-electron chi connectivity index (χ4n) is 2.77. The van der Waals surface area contributed by atoms with Gasteiger partial charge in [0.1, 0.15) is 5.82 Å². The minimum absolute atomic E-state index is 0.0291. The van der Waals surface area contributed by atoms with Crippen LogP contribution in [0.5, 0.6) is 0 Å². The fourth-order valence-corrected chi connectivity index (χ4v) is 3.83. The lowest BCUT2D eigenvalue weighted by molar-refractivity contribution is -0.120. The van der Waals surface area contributed by atoms with Crippen LogP contribution in [-0.4, -0.2) is 14.3 Å². The monoisotopic (exact) mass is 412 g/mol.